The lowest BCUT2D eigenvalue weighted by molar-refractivity contribution is 0.609. The van der Waals surface area contributed by atoms with Crippen LogP contribution in [0, 0.1) is 11.8 Å². The van der Waals surface area contributed by atoms with Crippen LogP contribution in [0.3, 0.4) is 0 Å². The normalized spacial score (nSPS) is 11.4. The first kappa shape index (κ1) is 12.4. The SMILES string of the molecule is CC(C)Cc1cnc(Cl)c(CC(C)C)n1. The molecular formula is C12H19ClN2. The maximum absolute atomic E-state index is 6.00. The summed E-state index contributed by atoms with van der Waals surface area (Å²) in [7, 11) is 0. The van der Waals surface area contributed by atoms with Crippen molar-refractivity contribution in [2.45, 2.75) is 40.5 Å². The van der Waals surface area contributed by atoms with Gasteiger partial charge in [-0.1, -0.05) is 39.3 Å². The fraction of sp³-hybridized carbons (Fsp3) is 0.667. The number of halogens is 1. The molecule has 0 bridgehead atoms. The van der Waals surface area contributed by atoms with Gasteiger partial charge in [-0.15, -0.1) is 0 Å². The summed E-state index contributed by atoms with van der Waals surface area (Å²) in [4.78, 5) is 8.75. The number of rotatable bonds is 4. The Bertz CT molecular complexity index is 321. The zero-order valence-electron chi connectivity index (χ0n) is 9.92. The lowest BCUT2D eigenvalue weighted by Gasteiger charge is -2.09. The van der Waals surface area contributed by atoms with Gasteiger partial charge >= 0.3 is 0 Å². The molecule has 0 unspecified atom stereocenters. The van der Waals surface area contributed by atoms with Crippen LogP contribution in [-0.4, -0.2) is 9.97 Å². The van der Waals surface area contributed by atoms with Gasteiger partial charge in [-0.2, -0.15) is 0 Å². The molecule has 1 rings (SSSR count). The van der Waals surface area contributed by atoms with E-state index in [1.54, 1.807) is 6.20 Å². The van der Waals surface area contributed by atoms with Gasteiger partial charge in [0.1, 0.15) is 0 Å². The molecule has 0 N–H and O–H groups in total. The van der Waals surface area contributed by atoms with Crippen LogP contribution in [0.25, 0.3) is 0 Å². The van der Waals surface area contributed by atoms with E-state index in [4.69, 9.17) is 11.6 Å². The molecule has 0 saturated heterocycles. The van der Waals surface area contributed by atoms with Gasteiger partial charge in [0, 0.05) is 0 Å². The van der Waals surface area contributed by atoms with Gasteiger partial charge in [-0.05, 0) is 24.7 Å². The molecule has 0 aliphatic rings. The summed E-state index contributed by atoms with van der Waals surface area (Å²) in [5.74, 6) is 1.17. The van der Waals surface area contributed by atoms with E-state index in [2.05, 4.69) is 37.7 Å². The Balaban J connectivity index is 2.85. The molecule has 1 heterocycles. The molecule has 0 fully saturated rings. The van der Waals surface area contributed by atoms with Gasteiger partial charge in [0.25, 0.3) is 0 Å². The number of hydrogen-bond acceptors (Lipinski definition) is 2. The molecule has 0 aliphatic heterocycles. The molecule has 0 aromatic carbocycles. The van der Waals surface area contributed by atoms with Crippen molar-refractivity contribution >= 4 is 11.6 Å². The van der Waals surface area contributed by atoms with E-state index in [9.17, 15) is 0 Å². The fourth-order valence-electron chi connectivity index (χ4n) is 1.49. The largest absolute Gasteiger partial charge is 0.253 e. The van der Waals surface area contributed by atoms with E-state index in [1.165, 1.54) is 0 Å². The Hall–Kier alpha value is -0.630. The van der Waals surface area contributed by atoms with Crippen molar-refractivity contribution in [3.8, 4) is 0 Å². The van der Waals surface area contributed by atoms with Crippen molar-refractivity contribution in [1.82, 2.24) is 9.97 Å². The van der Waals surface area contributed by atoms with Crippen LogP contribution in [0.1, 0.15) is 39.1 Å². The van der Waals surface area contributed by atoms with Crippen LogP contribution in [0.15, 0.2) is 6.20 Å². The summed E-state index contributed by atoms with van der Waals surface area (Å²) in [5.41, 5.74) is 1.98. The Morgan fingerprint density at radius 3 is 2.27 bits per heavy atom. The van der Waals surface area contributed by atoms with Gasteiger partial charge in [0.05, 0.1) is 17.6 Å². The third-order valence-corrected chi connectivity index (χ3v) is 2.38. The zero-order chi connectivity index (χ0) is 11.4. The lowest BCUT2D eigenvalue weighted by Crippen LogP contribution is -2.05. The van der Waals surface area contributed by atoms with Crippen molar-refractivity contribution in [3.05, 3.63) is 22.7 Å². The van der Waals surface area contributed by atoms with Crippen molar-refractivity contribution in [1.29, 1.82) is 0 Å². The highest BCUT2D eigenvalue weighted by atomic mass is 35.5. The Morgan fingerprint density at radius 1 is 1.13 bits per heavy atom. The molecule has 0 saturated carbocycles. The molecule has 15 heavy (non-hydrogen) atoms. The van der Waals surface area contributed by atoms with Crippen molar-refractivity contribution in [2.75, 3.05) is 0 Å². The average molecular weight is 227 g/mol. The van der Waals surface area contributed by atoms with Crippen LogP contribution in [-0.2, 0) is 12.8 Å². The minimum Gasteiger partial charge on any atom is -0.253 e. The molecule has 0 aliphatic carbocycles. The van der Waals surface area contributed by atoms with Gasteiger partial charge in [-0.3, -0.25) is 4.98 Å². The summed E-state index contributed by atoms with van der Waals surface area (Å²) >= 11 is 6.00. The first-order chi connectivity index (χ1) is 6.99. The van der Waals surface area contributed by atoms with Crippen LogP contribution < -0.4 is 0 Å². The first-order valence-electron chi connectivity index (χ1n) is 5.49. The highest BCUT2D eigenvalue weighted by molar-refractivity contribution is 6.29. The molecular weight excluding hydrogens is 208 g/mol. The fourth-order valence-corrected chi connectivity index (χ4v) is 1.66. The second kappa shape index (κ2) is 5.45. The quantitative estimate of drug-likeness (QED) is 0.785. The second-order valence-electron chi connectivity index (χ2n) is 4.79. The highest BCUT2D eigenvalue weighted by Gasteiger charge is 2.08. The lowest BCUT2D eigenvalue weighted by atomic mass is 10.1. The molecule has 84 valence electrons. The van der Waals surface area contributed by atoms with Crippen molar-refractivity contribution in [3.63, 3.8) is 0 Å². The molecule has 3 heteroatoms. The molecule has 0 atom stereocenters. The number of hydrogen-bond donors (Lipinski definition) is 0. The molecule has 1 aromatic heterocycles. The minimum atomic E-state index is 0.552. The predicted octanol–water partition coefficient (Wildman–Crippen LogP) is 3.53. The number of aromatic nitrogens is 2. The smallest absolute Gasteiger partial charge is 0.150 e. The van der Waals surface area contributed by atoms with Gasteiger partial charge in [0.15, 0.2) is 5.15 Å². The summed E-state index contributed by atoms with van der Waals surface area (Å²) < 4.78 is 0. The Labute approximate surface area is 97.1 Å². The van der Waals surface area contributed by atoms with Crippen molar-refractivity contribution in [2.24, 2.45) is 11.8 Å². The van der Waals surface area contributed by atoms with Gasteiger partial charge in [-0.25, -0.2) is 4.98 Å². The topological polar surface area (TPSA) is 25.8 Å². The summed E-state index contributed by atoms with van der Waals surface area (Å²) in [6.07, 6.45) is 3.65. The van der Waals surface area contributed by atoms with E-state index in [0.717, 1.165) is 24.2 Å². The van der Waals surface area contributed by atoms with E-state index in [1.807, 2.05) is 0 Å². The second-order valence-corrected chi connectivity index (χ2v) is 5.15. The Morgan fingerprint density at radius 2 is 1.73 bits per heavy atom. The predicted molar refractivity (Wildman–Crippen MR) is 64.1 cm³/mol. The van der Waals surface area contributed by atoms with E-state index >= 15 is 0 Å². The van der Waals surface area contributed by atoms with Crippen LogP contribution >= 0.6 is 11.6 Å². The summed E-state index contributed by atoms with van der Waals surface area (Å²) in [6, 6.07) is 0. The highest BCUT2D eigenvalue weighted by Crippen LogP contribution is 2.16. The van der Waals surface area contributed by atoms with Gasteiger partial charge < -0.3 is 0 Å². The van der Waals surface area contributed by atoms with E-state index in [0.29, 0.717) is 17.0 Å². The maximum Gasteiger partial charge on any atom is 0.150 e. The van der Waals surface area contributed by atoms with Crippen LogP contribution in [0.5, 0.6) is 0 Å². The van der Waals surface area contributed by atoms with Crippen LogP contribution in [0.2, 0.25) is 5.15 Å². The third-order valence-electron chi connectivity index (χ3n) is 2.06. The molecule has 0 amide bonds. The van der Waals surface area contributed by atoms with Crippen LogP contribution in [0.4, 0.5) is 0 Å². The molecule has 1 aromatic rings. The van der Waals surface area contributed by atoms with Crippen molar-refractivity contribution < 1.29 is 0 Å². The standard InChI is InChI=1S/C12H19ClN2/c1-8(2)5-10-7-14-12(13)11(15-10)6-9(3)4/h7-9H,5-6H2,1-4H3. The monoisotopic (exact) mass is 226 g/mol. The average Bonchev–Trinajstić information content (AvgIpc) is 2.09. The summed E-state index contributed by atoms with van der Waals surface area (Å²) in [6.45, 7) is 8.68. The number of nitrogens with zero attached hydrogens (tertiary/aromatic N) is 2. The molecule has 0 radical (unpaired) electrons. The van der Waals surface area contributed by atoms with E-state index < -0.39 is 0 Å². The zero-order valence-corrected chi connectivity index (χ0v) is 10.7. The van der Waals surface area contributed by atoms with E-state index in [-0.39, 0.29) is 0 Å². The molecule has 0 spiro atoms. The third kappa shape index (κ3) is 4.17. The van der Waals surface area contributed by atoms with Gasteiger partial charge in [0.2, 0.25) is 0 Å². The molecule has 2 nitrogen and oxygen atoms in total. The first-order valence-corrected chi connectivity index (χ1v) is 5.87. The maximum atomic E-state index is 6.00. The Kier molecular flexibility index (Phi) is 4.52. The summed E-state index contributed by atoms with van der Waals surface area (Å²) in [5, 5.41) is 0.552. The minimum absolute atomic E-state index is 0.552.